The Morgan fingerprint density at radius 2 is 2.38 bits per heavy atom. The number of nitrogens with zero attached hydrogens (tertiary/aromatic N) is 1. The summed E-state index contributed by atoms with van der Waals surface area (Å²) in [5.41, 5.74) is 2.11. The third-order valence-electron chi connectivity index (χ3n) is 2.03. The van der Waals surface area contributed by atoms with E-state index in [2.05, 4.69) is 4.37 Å². The van der Waals surface area contributed by atoms with Gasteiger partial charge in [0.25, 0.3) is 0 Å². The van der Waals surface area contributed by atoms with Crippen LogP contribution in [0.15, 0.2) is 18.2 Å². The number of aryl methyl sites for hydroxylation is 1. The average molecular weight is 191 g/mol. The predicted octanol–water partition coefficient (Wildman–Crippen LogP) is 2.35. The summed E-state index contributed by atoms with van der Waals surface area (Å²) in [7, 11) is 0. The smallest absolute Gasteiger partial charge is 0.124 e. The Balaban J connectivity index is 2.58. The molecular weight excluding hydrogens is 182 g/mol. The number of fused-ring (bicyclic) bond motifs is 1. The number of aldehydes is 1. The van der Waals surface area contributed by atoms with Crippen molar-refractivity contribution in [3.05, 3.63) is 29.5 Å². The van der Waals surface area contributed by atoms with E-state index in [9.17, 15) is 4.79 Å². The molecule has 2 rings (SSSR count). The van der Waals surface area contributed by atoms with Gasteiger partial charge in [0, 0.05) is 11.8 Å². The van der Waals surface area contributed by atoms with Gasteiger partial charge in [-0.25, -0.2) is 0 Å². The van der Waals surface area contributed by atoms with Gasteiger partial charge in [-0.1, -0.05) is 6.07 Å². The first kappa shape index (κ1) is 8.38. The standard InChI is InChI=1S/C10H9NOS/c1-7-9-6-8(4-5-12)2-3-10(9)13-11-7/h2-3,5-6H,4H2,1H3. The summed E-state index contributed by atoms with van der Waals surface area (Å²) in [6, 6.07) is 6.05. The Labute approximate surface area is 80.4 Å². The Hall–Kier alpha value is -1.22. The molecule has 1 aromatic heterocycles. The highest BCUT2D eigenvalue weighted by molar-refractivity contribution is 7.13. The van der Waals surface area contributed by atoms with Crippen molar-refractivity contribution >= 4 is 27.9 Å². The van der Waals surface area contributed by atoms with Gasteiger partial charge in [-0.2, -0.15) is 4.37 Å². The van der Waals surface area contributed by atoms with Crippen molar-refractivity contribution in [2.45, 2.75) is 13.3 Å². The highest BCUT2D eigenvalue weighted by Crippen LogP contribution is 2.23. The van der Waals surface area contributed by atoms with Crippen molar-refractivity contribution in [2.24, 2.45) is 0 Å². The summed E-state index contributed by atoms with van der Waals surface area (Å²) in [6.07, 6.45) is 1.42. The van der Waals surface area contributed by atoms with E-state index in [1.807, 2.05) is 25.1 Å². The fourth-order valence-electron chi connectivity index (χ4n) is 1.33. The van der Waals surface area contributed by atoms with Gasteiger partial charge < -0.3 is 4.79 Å². The molecule has 3 heteroatoms. The molecule has 66 valence electrons. The quantitative estimate of drug-likeness (QED) is 0.682. The van der Waals surface area contributed by atoms with E-state index in [0.717, 1.165) is 17.5 Å². The molecule has 0 fully saturated rings. The maximum atomic E-state index is 10.3. The maximum Gasteiger partial charge on any atom is 0.124 e. The number of hydrogen-bond acceptors (Lipinski definition) is 3. The molecule has 0 spiro atoms. The van der Waals surface area contributed by atoms with Gasteiger partial charge in [0.2, 0.25) is 0 Å². The largest absolute Gasteiger partial charge is 0.303 e. The molecule has 2 nitrogen and oxygen atoms in total. The van der Waals surface area contributed by atoms with Gasteiger partial charge in [0.05, 0.1) is 10.4 Å². The number of benzene rings is 1. The molecule has 2 aromatic rings. The molecular formula is C10H9NOS. The number of carbonyl (C=O) groups is 1. The van der Waals surface area contributed by atoms with Crippen LogP contribution in [0.4, 0.5) is 0 Å². The topological polar surface area (TPSA) is 30.0 Å². The van der Waals surface area contributed by atoms with Crippen LogP contribution in [0.2, 0.25) is 0 Å². The molecule has 0 saturated heterocycles. The maximum absolute atomic E-state index is 10.3. The fraction of sp³-hybridized carbons (Fsp3) is 0.200. The van der Waals surface area contributed by atoms with E-state index in [0.29, 0.717) is 6.42 Å². The minimum absolute atomic E-state index is 0.491. The average Bonchev–Trinajstić information content (AvgIpc) is 2.49. The summed E-state index contributed by atoms with van der Waals surface area (Å²) in [6.45, 7) is 1.99. The molecule has 0 atom stereocenters. The first-order chi connectivity index (χ1) is 6.31. The third-order valence-corrected chi connectivity index (χ3v) is 2.95. The number of aromatic nitrogens is 1. The molecule has 0 unspecified atom stereocenters. The molecule has 0 saturated carbocycles. The Bertz CT molecular complexity index is 447. The molecule has 0 radical (unpaired) electrons. The summed E-state index contributed by atoms with van der Waals surface area (Å²) < 4.78 is 5.44. The second-order valence-corrected chi connectivity index (χ2v) is 3.77. The van der Waals surface area contributed by atoms with Crippen LogP contribution in [-0.4, -0.2) is 10.7 Å². The fourth-order valence-corrected chi connectivity index (χ4v) is 2.10. The lowest BCUT2D eigenvalue weighted by atomic mass is 10.1. The number of rotatable bonds is 2. The monoisotopic (exact) mass is 191 g/mol. The lowest BCUT2D eigenvalue weighted by Gasteiger charge is -1.94. The van der Waals surface area contributed by atoms with E-state index in [1.54, 1.807) is 0 Å². The van der Waals surface area contributed by atoms with Crippen molar-refractivity contribution in [1.29, 1.82) is 0 Å². The molecule has 0 aliphatic rings. The second kappa shape index (κ2) is 3.26. The lowest BCUT2D eigenvalue weighted by Crippen LogP contribution is -1.84. The van der Waals surface area contributed by atoms with E-state index in [-0.39, 0.29) is 0 Å². The van der Waals surface area contributed by atoms with Crippen molar-refractivity contribution in [3.8, 4) is 0 Å². The van der Waals surface area contributed by atoms with Crippen molar-refractivity contribution in [1.82, 2.24) is 4.37 Å². The number of hydrogen-bond donors (Lipinski definition) is 0. The molecule has 1 heterocycles. The highest BCUT2D eigenvalue weighted by atomic mass is 32.1. The van der Waals surface area contributed by atoms with Gasteiger partial charge in [0.15, 0.2) is 0 Å². The van der Waals surface area contributed by atoms with Gasteiger partial charge in [-0.05, 0) is 36.2 Å². The molecule has 0 aliphatic heterocycles. The molecule has 0 amide bonds. The summed E-state index contributed by atoms with van der Waals surface area (Å²) in [5, 5.41) is 1.17. The molecule has 0 aliphatic carbocycles. The minimum Gasteiger partial charge on any atom is -0.303 e. The second-order valence-electron chi connectivity index (χ2n) is 2.97. The van der Waals surface area contributed by atoms with Crippen molar-refractivity contribution in [3.63, 3.8) is 0 Å². The van der Waals surface area contributed by atoms with E-state index < -0.39 is 0 Å². The van der Waals surface area contributed by atoms with Crippen LogP contribution in [0.3, 0.4) is 0 Å². The highest BCUT2D eigenvalue weighted by Gasteiger charge is 2.02. The molecule has 0 N–H and O–H groups in total. The van der Waals surface area contributed by atoms with Gasteiger partial charge in [-0.3, -0.25) is 0 Å². The summed E-state index contributed by atoms with van der Waals surface area (Å²) in [5.74, 6) is 0. The van der Waals surface area contributed by atoms with Crippen LogP contribution < -0.4 is 0 Å². The minimum atomic E-state index is 0.491. The van der Waals surface area contributed by atoms with Crippen LogP contribution in [0.25, 0.3) is 10.1 Å². The normalized spacial score (nSPS) is 10.5. The van der Waals surface area contributed by atoms with Crippen LogP contribution >= 0.6 is 11.5 Å². The van der Waals surface area contributed by atoms with Crippen molar-refractivity contribution in [2.75, 3.05) is 0 Å². The Morgan fingerprint density at radius 1 is 1.54 bits per heavy atom. The first-order valence-corrected chi connectivity index (χ1v) is 4.87. The zero-order valence-corrected chi connectivity index (χ0v) is 8.10. The van der Waals surface area contributed by atoms with Crippen LogP contribution in [0.5, 0.6) is 0 Å². The van der Waals surface area contributed by atoms with Crippen LogP contribution in [-0.2, 0) is 11.2 Å². The molecule has 13 heavy (non-hydrogen) atoms. The van der Waals surface area contributed by atoms with Crippen LogP contribution in [0.1, 0.15) is 11.3 Å². The van der Waals surface area contributed by atoms with Gasteiger partial charge in [0.1, 0.15) is 6.29 Å². The summed E-state index contributed by atoms with van der Waals surface area (Å²) in [4.78, 5) is 10.3. The van der Waals surface area contributed by atoms with Gasteiger partial charge in [-0.15, -0.1) is 0 Å². The molecule has 0 bridgehead atoms. The van der Waals surface area contributed by atoms with E-state index >= 15 is 0 Å². The van der Waals surface area contributed by atoms with E-state index in [4.69, 9.17) is 0 Å². The Kier molecular flexibility index (Phi) is 2.10. The Morgan fingerprint density at radius 3 is 3.15 bits per heavy atom. The zero-order valence-electron chi connectivity index (χ0n) is 7.28. The van der Waals surface area contributed by atoms with Crippen molar-refractivity contribution < 1.29 is 4.79 Å². The van der Waals surface area contributed by atoms with Gasteiger partial charge >= 0.3 is 0 Å². The molecule has 1 aromatic carbocycles. The predicted molar refractivity (Wildman–Crippen MR) is 54.1 cm³/mol. The lowest BCUT2D eigenvalue weighted by molar-refractivity contribution is -0.107. The van der Waals surface area contributed by atoms with Crippen LogP contribution in [0, 0.1) is 6.92 Å². The van der Waals surface area contributed by atoms with E-state index in [1.165, 1.54) is 21.6 Å². The third kappa shape index (κ3) is 1.47. The summed E-state index contributed by atoms with van der Waals surface area (Å²) >= 11 is 1.50. The zero-order chi connectivity index (χ0) is 9.26. The number of carbonyl (C=O) groups excluding carboxylic acids is 1. The SMILES string of the molecule is Cc1nsc2ccc(CC=O)cc12. The first-order valence-electron chi connectivity index (χ1n) is 4.10.